The first-order valence-corrected chi connectivity index (χ1v) is 6.78. The third-order valence-electron chi connectivity index (χ3n) is 2.09. The summed E-state index contributed by atoms with van der Waals surface area (Å²) in [4.78, 5) is 10.4. The zero-order chi connectivity index (χ0) is 12.0. The highest BCUT2D eigenvalue weighted by Gasteiger charge is 2.08. The van der Waals surface area contributed by atoms with Crippen molar-refractivity contribution < 1.29 is 13.2 Å². The van der Waals surface area contributed by atoms with Gasteiger partial charge in [-0.2, -0.15) is 0 Å². The van der Waals surface area contributed by atoms with Crippen LogP contribution in [0.3, 0.4) is 0 Å². The molecule has 0 spiro atoms. The van der Waals surface area contributed by atoms with Crippen molar-refractivity contribution in [2.45, 2.75) is 19.8 Å². The number of carbonyl (C=O) groups is 1. The molecule has 16 heavy (non-hydrogen) atoms. The number of carbonyl (C=O) groups excluding carboxylic acids is 1. The number of benzene rings is 1. The van der Waals surface area contributed by atoms with E-state index in [4.69, 9.17) is 0 Å². The SMILES string of the molecule is CCCCS(=O)(=O)Nc1ccc(C=O)cc1. The Morgan fingerprint density at radius 3 is 2.38 bits per heavy atom. The van der Waals surface area contributed by atoms with Crippen LogP contribution in [0.1, 0.15) is 30.1 Å². The van der Waals surface area contributed by atoms with Crippen molar-refractivity contribution in [1.82, 2.24) is 0 Å². The molecule has 4 nitrogen and oxygen atoms in total. The topological polar surface area (TPSA) is 63.2 Å². The average Bonchev–Trinajstić information content (AvgIpc) is 2.27. The molecule has 0 aliphatic heterocycles. The van der Waals surface area contributed by atoms with Gasteiger partial charge < -0.3 is 0 Å². The molecule has 0 atom stereocenters. The van der Waals surface area contributed by atoms with E-state index in [0.29, 0.717) is 17.7 Å². The lowest BCUT2D eigenvalue weighted by Crippen LogP contribution is -2.16. The normalized spacial score (nSPS) is 11.1. The number of rotatable bonds is 6. The maximum atomic E-state index is 11.5. The van der Waals surface area contributed by atoms with E-state index in [1.165, 1.54) is 0 Å². The van der Waals surface area contributed by atoms with Crippen molar-refractivity contribution in [2.24, 2.45) is 0 Å². The monoisotopic (exact) mass is 241 g/mol. The minimum atomic E-state index is -3.25. The van der Waals surface area contributed by atoms with E-state index >= 15 is 0 Å². The quantitative estimate of drug-likeness (QED) is 0.775. The van der Waals surface area contributed by atoms with Gasteiger partial charge in [-0.3, -0.25) is 9.52 Å². The van der Waals surface area contributed by atoms with Gasteiger partial charge in [0, 0.05) is 11.3 Å². The van der Waals surface area contributed by atoms with Crippen LogP contribution in [0.25, 0.3) is 0 Å². The van der Waals surface area contributed by atoms with Gasteiger partial charge in [0.25, 0.3) is 0 Å². The van der Waals surface area contributed by atoms with Crippen molar-refractivity contribution in [2.75, 3.05) is 10.5 Å². The summed E-state index contributed by atoms with van der Waals surface area (Å²) in [5, 5.41) is 0. The van der Waals surface area contributed by atoms with E-state index in [-0.39, 0.29) is 5.75 Å². The number of hydrogen-bond donors (Lipinski definition) is 1. The maximum Gasteiger partial charge on any atom is 0.232 e. The number of sulfonamides is 1. The van der Waals surface area contributed by atoms with Crippen molar-refractivity contribution in [3.05, 3.63) is 29.8 Å². The summed E-state index contributed by atoms with van der Waals surface area (Å²) in [6.45, 7) is 1.94. The smallest absolute Gasteiger partial charge is 0.232 e. The molecule has 0 fully saturated rings. The summed E-state index contributed by atoms with van der Waals surface area (Å²) >= 11 is 0. The Morgan fingerprint density at radius 2 is 1.88 bits per heavy atom. The van der Waals surface area contributed by atoms with Crippen LogP contribution in [-0.4, -0.2) is 20.5 Å². The molecule has 0 unspecified atom stereocenters. The highest BCUT2D eigenvalue weighted by atomic mass is 32.2. The Balaban J connectivity index is 2.68. The van der Waals surface area contributed by atoms with Gasteiger partial charge in [0.05, 0.1) is 5.75 Å². The molecule has 0 bridgehead atoms. The molecule has 1 rings (SSSR count). The zero-order valence-electron chi connectivity index (χ0n) is 9.14. The summed E-state index contributed by atoms with van der Waals surface area (Å²) in [6.07, 6.45) is 2.20. The first-order valence-electron chi connectivity index (χ1n) is 5.13. The standard InChI is InChI=1S/C11H15NO3S/c1-2-3-8-16(14,15)12-11-6-4-10(9-13)5-7-11/h4-7,9,12H,2-3,8H2,1H3. The third-order valence-corrected chi connectivity index (χ3v) is 3.46. The van der Waals surface area contributed by atoms with Gasteiger partial charge in [-0.1, -0.05) is 13.3 Å². The molecule has 1 aromatic rings. The molecule has 5 heteroatoms. The Kier molecular flexibility index (Phi) is 4.49. The summed E-state index contributed by atoms with van der Waals surface area (Å²) in [5.41, 5.74) is 1.01. The molecule has 1 aromatic carbocycles. The summed E-state index contributed by atoms with van der Waals surface area (Å²) < 4.78 is 25.5. The summed E-state index contributed by atoms with van der Waals surface area (Å²) in [7, 11) is -3.25. The van der Waals surface area contributed by atoms with Gasteiger partial charge in [0.2, 0.25) is 10.0 Å². The second kappa shape index (κ2) is 5.65. The van der Waals surface area contributed by atoms with Crippen molar-refractivity contribution in [3.8, 4) is 0 Å². The molecule has 0 aliphatic carbocycles. The lowest BCUT2D eigenvalue weighted by molar-refractivity contribution is 0.112. The van der Waals surface area contributed by atoms with Crippen LogP contribution >= 0.6 is 0 Å². The van der Waals surface area contributed by atoms with E-state index in [2.05, 4.69) is 4.72 Å². The Morgan fingerprint density at radius 1 is 1.25 bits per heavy atom. The zero-order valence-corrected chi connectivity index (χ0v) is 9.96. The van der Waals surface area contributed by atoms with Crippen LogP contribution in [0.2, 0.25) is 0 Å². The van der Waals surface area contributed by atoms with Gasteiger partial charge in [-0.15, -0.1) is 0 Å². The predicted molar refractivity (Wildman–Crippen MR) is 64.1 cm³/mol. The maximum absolute atomic E-state index is 11.5. The molecular formula is C11H15NO3S. The highest BCUT2D eigenvalue weighted by Crippen LogP contribution is 2.11. The van der Waals surface area contributed by atoms with Gasteiger partial charge >= 0.3 is 0 Å². The van der Waals surface area contributed by atoms with Crippen LogP contribution in [0.5, 0.6) is 0 Å². The molecular weight excluding hydrogens is 226 g/mol. The second-order valence-corrected chi connectivity index (χ2v) is 5.36. The van der Waals surface area contributed by atoms with Crippen molar-refractivity contribution >= 4 is 22.0 Å². The second-order valence-electron chi connectivity index (χ2n) is 3.51. The van der Waals surface area contributed by atoms with Crippen LogP contribution in [0, 0.1) is 0 Å². The lowest BCUT2D eigenvalue weighted by atomic mass is 10.2. The van der Waals surface area contributed by atoms with E-state index < -0.39 is 10.0 Å². The lowest BCUT2D eigenvalue weighted by Gasteiger charge is -2.07. The molecule has 0 heterocycles. The van der Waals surface area contributed by atoms with Crippen LogP contribution in [0.15, 0.2) is 24.3 Å². The predicted octanol–water partition coefficient (Wildman–Crippen LogP) is 2.04. The van der Waals surface area contributed by atoms with E-state index in [9.17, 15) is 13.2 Å². The molecule has 88 valence electrons. The molecule has 0 aliphatic rings. The Bertz CT molecular complexity index is 437. The molecule has 0 saturated carbocycles. The van der Waals surface area contributed by atoms with Crippen LogP contribution in [-0.2, 0) is 10.0 Å². The van der Waals surface area contributed by atoms with E-state index in [0.717, 1.165) is 12.7 Å². The molecule has 0 aromatic heterocycles. The molecule has 1 N–H and O–H groups in total. The highest BCUT2D eigenvalue weighted by molar-refractivity contribution is 7.92. The molecule has 0 amide bonds. The fraction of sp³-hybridized carbons (Fsp3) is 0.364. The van der Waals surface area contributed by atoms with Crippen molar-refractivity contribution in [3.63, 3.8) is 0 Å². The summed E-state index contributed by atoms with van der Waals surface area (Å²) in [6, 6.07) is 6.30. The fourth-order valence-corrected chi connectivity index (χ4v) is 2.46. The summed E-state index contributed by atoms with van der Waals surface area (Å²) in [5.74, 6) is 0.124. The van der Waals surface area contributed by atoms with Gasteiger partial charge in [-0.25, -0.2) is 8.42 Å². The number of unbranched alkanes of at least 4 members (excludes halogenated alkanes) is 1. The van der Waals surface area contributed by atoms with E-state index in [1.807, 2.05) is 6.92 Å². The number of anilines is 1. The van der Waals surface area contributed by atoms with Crippen LogP contribution in [0.4, 0.5) is 5.69 Å². The Labute approximate surface area is 95.7 Å². The minimum Gasteiger partial charge on any atom is -0.298 e. The third kappa shape index (κ3) is 4.02. The number of nitrogens with one attached hydrogen (secondary N) is 1. The van der Waals surface area contributed by atoms with Gasteiger partial charge in [-0.05, 0) is 30.7 Å². The first-order chi connectivity index (χ1) is 7.57. The number of aldehydes is 1. The minimum absolute atomic E-state index is 0.124. The number of hydrogen-bond acceptors (Lipinski definition) is 3. The molecule has 0 radical (unpaired) electrons. The fourth-order valence-electron chi connectivity index (χ4n) is 1.19. The van der Waals surface area contributed by atoms with Crippen molar-refractivity contribution in [1.29, 1.82) is 0 Å². The largest absolute Gasteiger partial charge is 0.298 e. The Hall–Kier alpha value is -1.36. The first kappa shape index (κ1) is 12.7. The average molecular weight is 241 g/mol. The van der Waals surface area contributed by atoms with E-state index in [1.54, 1.807) is 24.3 Å². The van der Waals surface area contributed by atoms with Crippen LogP contribution < -0.4 is 4.72 Å². The van der Waals surface area contributed by atoms with Gasteiger partial charge in [0.1, 0.15) is 6.29 Å². The molecule has 0 saturated heterocycles. The van der Waals surface area contributed by atoms with Gasteiger partial charge in [0.15, 0.2) is 0 Å².